The lowest BCUT2D eigenvalue weighted by molar-refractivity contribution is 0.0996. The Bertz CT molecular complexity index is 1220. The Morgan fingerprint density at radius 3 is 2.69 bits per heavy atom. The van der Waals surface area contributed by atoms with Crippen LogP contribution in [0.1, 0.15) is 60.7 Å². The van der Waals surface area contributed by atoms with Crippen molar-refractivity contribution >= 4 is 17.5 Å². The van der Waals surface area contributed by atoms with Crippen molar-refractivity contribution in [3.8, 4) is 11.5 Å². The lowest BCUT2D eigenvalue weighted by Gasteiger charge is -2.23. The van der Waals surface area contributed by atoms with Gasteiger partial charge in [-0.3, -0.25) is 9.69 Å². The van der Waals surface area contributed by atoms with Crippen LogP contribution in [0.2, 0.25) is 0 Å². The van der Waals surface area contributed by atoms with Crippen molar-refractivity contribution in [1.29, 1.82) is 0 Å². The number of amides is 1. The maximum absolute atomic E-state index is 13.5. The van der Waals surface area contributed by atoms with E-state index >= 15 is 0 Å². The van der Waals surface area contributed by atoms with Gasteiger partial charge in [0, 0.05) is 32.1 Å². The molecule has 32 heavy (non-hydrogen) atoms. The van der Waals surface area contributed by atoms with Gasteiger partial charge in [-0.25, -0.2) is 9.97 Å². The first-order chi connectivity index (χ1) is 15.1. The normalized spacial score (nSPS) is 17.6. The molecule has 9 heteroatoms. The van der Waals surface area contributed by atoms with Gasteiger partial charge >= 0.3 is 0 Å². The zero-order valence-corrected chi connectivity index (χ0v) is 19.1. The van der Waals surface area contributed by atoms with Gasteiger partial charge in [0.2, 0.25) is 0 Å². The van der Waals surface area contributed by atoms with Gasteiger partial charge in [-0.2, -0.15) is 0 Å². The highest BCUT2D eigenvalue weighted by Gasteiger charge is 2.36. The minimum absolute atomic E-state index is 0.0968. The second-order valence-electron chi connectivity index (χ2n) is 9.44. The van der Waals surface area contributed by atoms with Crippen LogP contribution in [0.3, 0.4) is 0 Å². The molecule has 0 spiro atoms. The molecule has 0 bridgehead atoms. The number of aromatic nitrogens is 5. The van der Waals surface area contributed by atoms with Crippen molar-refractivity contribution in [2.24, 2.45) is 5.73 Å². The van der Waals surface area contributed by atoms with Crippen molar-refractivity contribution in [1.82, 2.24) is 24.7 Å². The zero-order valence-electron chi connectivity index (χ0n) is 19.1. The van der Waals surface area contributed by atoms with Crippen LogP contribution >= 0.6 is 0 Å². The quantitative estimate of drug-likeness (QED) is 0.675. The van der Waals surface area contributed by atoms with Gasteiger partial charge in [0.1, 0.15) is 23.2 Å². The van der Waals surface area contributed by atoms with Gasteiger partial charge in [0.25, 0.3) is 5.91 Å². The number of nitrogens with zero attached hydrogens (tertiary/aromatic N) is 7. The Labute approximate surface area is 187 Å². The molecule has 1 amide bonds. The highest BCUT2D eigenvalue weighted by atomic mass is 16.2. The van der Waals surface area contributed by atoms with Crippen molar-refractivity contribution in [3.05, 3.63) is 46.9 Å². The van der Waals surface area contributed by atoms with E-state index in [2.05, 4.69) is 21.7 Å². The fourth-order valence-electron chi connectivity index (χ4n) is 4.53. The number of carbonyl (C=O) groups excluding carboxylic acids is 1. The van der Waals surface area contributed by atoms with E-state index in [4.69, 9.17) is 15.7 Å². The predicted octanol–water partition coefficient (Wildman–Crippen LogP) is 2.66. The van der Waals surface area contributed by atoms with Crippen LogP contribution in [0, 0.1) is 0 Å². The monoisotopic (exact) mass is 432 g/mol. The summed E-state index contributed by atoms with van der Waals surface area (Å²) in [7, 11) is 3.81. The lowest BCUT2D eigenvalue weighted by Crippen LogP contribution is -2.32. The molecule has 5 heterocycles. The molecule has 0 fully saturated rings. The smallest absolute Gasteiger partial charge is 0.260 e. The Kier molecular flexibility index (Phi) is 4.56. The molecule has 0 radical (unpaired) electrons. The van der Waals surface area contributed by atoms with E-state index < -0.39 is 5.54 Å². The number of carbonyl (C=O) groups is 1. The third-order valence-electron chi connectivity index (χ3n) is 6.20. The summed E-state index contributed by atoms with van der Waals surface area (Å²) < 4.78 is 2.15. The second kappa shape index (κ2) is 7.09. The summed E-state index contributed by atoms with van der Waals surface area (Å²) in [5.74, 6) is 2.93. The summed E-state index contributed by atoms with van der Waals surface area (Å²) in [5.41, 5.74) is 8.69. The number of pyridine rings is 2. The Morgan fingerprint density at radius 2 is 1.97 bits per heavy atom. The summed E-state index contributed by atoms with van der Waals surface area (Å²) in [6.45, 7) is 6.37. The fourth-order valence-corrected chi connectivity index (χ4v) is 4.53. The highest BCUT2D eigenvalue weighted by molar-refractivity contribution is 6.10. The number of anilines is 2. The number of rotatable bonds is 4. The van der Waals surface area contributed by atoms with Crippen molar-refractivity contribution in [2.45, 2.75) is 51.7 Å². The van der Waals surface area contributed by atoms with E-state index in [9.17, 15) is 4.79 Å². The Balaban J connectivity index is 1.56. The number of fused-ring (bicyclic) bond motifs is 2. The molecule has 2 aliphatic heterocycles. The second-order valence-corrected chi connectivity index (χ2v) is 9.44. The summed E-state index contributed by atoms with van der Waals surface area (Å²) in [5, 5.41) is 8.71. The van der Waals surface area contributed by atoms with E-state index in [1.54, 1.807) is 4.90 Å². The average Bonchev–Trinajstić information content (AvgIpc) is 3.42. The fraction of sp³-hybridized carbons (Fsp3) is 0.435. The summed E-state index contributed by atoms with van der Waals surface area (Å²) in [6.07, 6.45) is 1.98. The third-order valence-corrected chi connectivity index (χ3v) is 6.20. The molecule has 2 aliphatic rings. The van der Waals surface area contributed by atoms with Crippen LogP contribution in [0.15, 0.2) is 24.3 Å². The van der Waals surface area contributed by atoms with Crippen LogP contribution in [-0.4, -0.2) is 44.7 Å². The molecule has 0 aliphatic carbocycles. The van der Waals surface area contributed by atoms with E-state index in [0.717, 1.165) is 35.7 Å². The molecule has 2 N–H and O–H groups in total. The maximum Gasteiger partial charge on any atom is 0.260 e. The van der Waals surface area contributed by atoms with Crippen LogP contribution in [0.5, 0.6) is 0 Å². The van der Waals surface area contributed by atoms with Gasteiger partial charge in [-0.1, -0.05) is 6.07 Å². The van der Waals surface area contributed by atoms with Crippen molar-refractivity contribution in [3.63, 3.8) is 0 Å². The molecule has 0 unspecified atom stereocenters. The van der Waals surface area contributed by atoms with Gasteiger partial charge in [-0.05, 0) is 45.4 Å². The Hall–Kier alpha value is -3.33. The highest BCUT2D eigenvalue weighted by Crippen LogP contribution is 2.36. The summed E-state index contributed by atoms with van der Waals surface area (Å²) in [6, 6.07) is 7.85. The summed E-state index contributed by atoms with van der Waals surface area (Å²) in [4.78, 5) is 26.6. The number of aryl methyl sites for hydroxylation is 1. The van der Waals surface area contributed by atoms with Gasteiger partial charge in [0.15, 0.2) is 5.82 Å². The number of hydrogen-bond acceptors (Lipinski definition) is 7. The van der Waals surface area contributed by atoms with Crippen LogP contribution in [0.4, 0.5) is 11.6 Å². The molecular formula is C23H28N8O. The van der Waals surface area contributed by atoms with Crippen LogP contribution in [-0.2, 0) is 18.5 Å². The predicted molar refractivity (Wildman–Crippen MR) is 123 cm³/mol. The van der Waals surface area contributed by atoms with E-state index in [0.29, 0.717) is 35.5 Å². The average molecular weight is 433 g/mol. The molecule has 0 saturated carbocycles. The third kappa shape index (κ3) is 3.15. The lowest BCUT2D eigenvalue weighted by atomic mass is 9.94. The van der Waals surface area contributed by atoms with Crippen LogP contribution in [0.25, 0.3) is 11.5 Å². The number of nitrogens with two attached hydrogens (primary N) is 1. The van der Waals surface area contributed by atoms with E-state index in [1.807, 2.05) is 57.1 Å². The molecular weight excluding hydrogens is 404 g/mol. The minimum Gasteiger partial charge on any atom is -0.363 e. The molecule has 1 atom stereocenters. The molecule has 3 aromatic heterocycles. The van der Waals surface area contributed by atoms with Crippen LogP contribution < -0.4 is 15.5 Å². The van der Waals surface area contributed by atoms with Crippen molar-refractivity contribution in [2.75, 3.05) is 23.9 Å². The van der Waals surface area contributed by atoms with Crippen molar-refractivity contribution < 1.29 is 4.79 Å². The topological polar surface area (TPSA) is 106 Å². The van der Waals surface area contributed by atoms with Gasteiger partial charge in [0.05, 0.1) is 23.3 Å². The largest absolute Gasteiger partial charge is 0.363 e. The maximum atomic E-state index is 13.5. The number of hydrogen-bond donors (Lipinski definition) is 1. The van der Waals surface area contributed by atoms with Gasteiger partial charge < -0.3 is 15.2 Å². The Morgan fingerprint density at radius 1 is 1.19 bits per heavy atom. The molecule has 9 nitrogen and oxygen atoms in total. The molecule has 0 aromatic carbocycles. The first-order valence-corrected chi connectivity index (χ1v) is 10.9. The minimum atomic E-state index is -0.681. The first-order valence-electron chi connectivity index (χ1n) is 10.9. The first kappa shape index (κ1) is 20.6. The van der Waals surface area contributed by atoms with E-state index in [-0.39, 0.29) is 5.91 Å². The molecule has 3 aromatic rings. The standard InChI is InChI=1S/C23H28N8O/c1-13-9-10-18-27-28-21(31(13)18)16-7-6-8-17(25-16)30-12-15-14(22(30)32)11-19(29(4)5)26-20(15)23(2,3)24/h6-8,11,13H,9-10,12,24H2,1-5H3/t13-/m0/s1. The molecule has 5 rings (SSSR count). The molecule has 166 valence electrons. The molecule has 0 saturated heterocycles. The SMILES string of the molecule is C[C@H]1CCc2nnc(-c3cccc(N4Cc5c(cc(N(C)C)nc5C(C)(C)N)C4=O)n3)n21. The zero-order chi connectivity index (χ0) is 22.8. The van der Waals surface area contributed by atoms with Gasteiger partial charge in [-0.15, -0.1) is 10.2 Å². The summed E-state index contributed by atoms with van der Waals surface area (Å²) >= 11 is 0. The van der Waals surface area contributed by atoms with E-state index in [1.165, 1.54) is 0 Å².